The van der Waals surface area contributed by atoms with Crippen LogP contribution in [0.15, 0.2) is 12.3 Å². The van der Waals surface area contributed by atoms with Crippen molar-refractivity contribution in [3.8, 4) is 11.9 Å². The molecule has 0 amide bonds. The first-order valence-corrected chi connectivity index (χ1v) is 5.59. The summed E-state index contributed by atoms with van der Waals surface area (Å²) in [6, 6.07) is 2.10. The largest absolute Gasteiger partial charge is 0.481 e. The molecule has 0 radical (unpaired) electrons. The van der Waals surface area contributed by atoms with Gasteiger partial charge < -0.3 is 14.8 Å². The highest BCUT2D eigenvalue weighted by atomic mass is 16.5. The zero-order valence-corrected chi connectivity index (χ0v) is 9.48. The first kappa shape index (κ1) is 11.1. The lowest BCUT2D eigenvalue weighted by atomic mass is 10.1. The van der Waals surface area contributed by atoms with Crippen LogP contribution in [0.4, 0.5) is 0 Å². The molecule has 5 nitrogen and oxygen atoms in total. The molecule has 5 heteroatoms. The summed E-state index contributed by atoms with van der Waals surface area (Å²) in [5.41, 5.74) is 0. The highest BCUT2D eigenvalue weighted by Gasteiger charge is 2.14. The number of aromatic nitrogens is 2. The average molecular weight is 223 g/mol. The Balaban J connectivity index is 1.75. The maximum Gasteiger partial charge on any atom is 0.319 e. The Morgan fingerprint density at radius 2 is 2.50 bits per heavy atom. The van der Waals surface area contributed by atoms with E-state index in [4.69, 9.17) is 9.47 Å². The standard InChI is InChI=1S/C11H17N3O2/c1-15-10-3-6-13-11(14-10)16-7-4-9-2-5-12-8-9/h3,6,9,12H,2,4-5,7-8H2,1H3. The molecule has 0 aliphatic carbocycles. The molecule has 1 aromatic heterocycles. The Hall–Kier alpha value is -1.36. The lowest BCUT2D eigenvalue weighted by Crippen LogP contribution is -2.12. The lowest BCUT2D eigenvalue weighted by molar-refractivity contribution is 0.258. The molecule has 1 atom stereocenters. The predicted molar refractivity (Wildman–Crippen MR) is 59.7 cm³/mol. The zero-order chi connectivity index (χ0) is 11.2. The Morgan fingerprint density at radius 3 is 3.25 bits per heavy atom. The van der Waals surface area contributed by atoms with Crippen molar-refractivity contribution in [1.82, 2.24) is 15.3 Å². The molecule has 16 heavy (non-hydrogen) atoms. The second kappa shape index (κ2) is 5.65. The number of nitrogens with one attached hydrogen (secondary N) is 1. The second-order valence-corrected chi connectivity index (χ2v) is 3.88. The van der Waals surface area contributed by atoms with E-state index in [1.54, 1.807) is 19.4 Å². The van der Waals surface area contributed by atoms with Crippen LogP contribution in [0, 0.1) is 5.92 Å². The Bertz CT molecular complexity index is 327. The van der Waals surface area contributed by atoms with Gasteiger partial charge in [0.15, 0.2) is 0 Å². The third-order valence-corrected chi connectivity index (χ3v) is 2.74. The molecule has 88 valence electrons. The maximum absolute atomic E-state index is 5.48. The maximum atomic E-state index is 5.48. The van der Waals surface area contributed by atoms with Crippen molar-refractivity contribution < 1.29 is 9.47 Å². The monoisotopic (exact) mass is 223 g/mol. The number of methoxy groups -OCH3 is 1. The van der Waals surface area contributed by atoms with Crippen LogP contribution in [-0.2, 0) is 0 Å². The van der Waals surface area contributed by atoms with Crippen LogP contribution in [0.25, 0.3) is 0 Å². The topological polar surface area (TPSA) is 56.3 Å². The van der Waals surface area contributed by atoms with E-state index in [0.717, 1.165) is 25.4 Å². The van der Waals surface area contributed by atoms with Gasteiger partial charge in [0.05, 0.1) is 13.7 Å². The van der Waals surface area contributed by atoms with Crippen molar-refractivity contribution in [2.24, 2.45) is 5.92 Å². The van der Waals surface area contributed by atoms with Crippen LogP contribution in [-0.4, -0.2) is 36.8 Å². The van der Waals surface area contributed by atoms with Gasteiger partial charge in [-0.2, -0.15) is 4.98 Å². The molecular weight excluding hydrogens is 206 g/mol. The van der Waals surface area contributed by atoms with E-state index in [1.807, 2.05) is 0 Å². The molecule has 1 saturated heterocycles. The van der Waals surface area contributed by atoms with Crippen LogP contribution < -0.4 is 14.8 Å². The molecule has 1 unspecified atom stereocenters. The fourth-order valence-electron chi connectivity index (χ4n) is 1.79. The molecule has 1 aliphatic rings. The Kier molecular flexibility index (Phi) is 3.93. The van der Waals surface area contributed by atoms with E-state index in [1.165, 1.54) is 6.42 Å². The summed E-state index contributed by atoms with van der Waals surface area (Å²) in [7, 11) is 1.58. The van der Waals surface area contributed by atoms with Crippen molar-refractivity contribution in [3.05, 3.63) is 12.3 Å². The first-order chi connectivity index (χ1) is 7.88. The molecule has 0 spiro atoms. The Morgan fingerprint density at radius 1 is 1.56 bits per heavy atom. The van der Waals surface area contributed by atoms with Gasteiger partial charge in [0.1, 0.15) is 0 Å². The highest BCUT2D eigenvalue weighted by molar-refractivity contribution is 5.10. The number of hydrogen-bond acceptors (Lipinski definition) is 5. The molecule has 1 aromatic rings. The summed E-state index contributed by atoms with van der Waals surface area (Å²) in [6.07, 6.45) is 3.92. The average Bonchev–Trinajstić information content (AvgIpc) is 2.82. The van der Waals surface area contributed by atoms with Gasteiger partial charge in [-0.15, -0.1) is 0 Å². The quantitative estimate of drug-likeness (QED) is 0.802. The lowest BCUT2D eigenvalue weighted by Gasteiger charge is -2.08. The minimum absolute atomic E-state index is 0.394. The van der Waals surface area contributed by atoms with Gasteiger partial charge in [0.2, 0.25) is 5.88 Å². The predicted octanol–water partition coefficient (Wildman–Crippen LogP) is 0.864. The fourth-order valence-corrected chi connectivity index (χ4v) is 1.79. The minimum Gasteiger partial charge on any atom is -0.481 e. The number of nitrogens with zero attached hydrogens (tertiary/aromatic N) is 2. The van der Waals surface area contributed by atoms with E-state index in [2.05, 4.69) is 15.3 Å². The van der Waals surface area contributed by atoms with E-state index < -0.39 is 0 Å². The fraction of sp³-hybridized carbons (Fsp3) is 0.636. The van der Waals surface area contributed by atoms with Gasteiger partial charge in [0.25, 0.3) is 0 Å². The van der Waals surface area contributed by atoms with Gasteiger partial charge in [0, 0.05) is 12.3 Å². The van der Waals surface area contributed by atoms with Crippen LogP contribution in [0.5, 0.6) is 11.9 Å². The van der Waals surface area contributed by atoms with Crippen LogP contribution in [0.2, 0.25) is 0 Å². The highest BCUT2D eigenvalue weighted by Crippen LogP contribution is 2.13. The summed E-state index contributed by atoms with van der Waals surface area (Å²) < 4.78 is 10.5. The smallest absolute Gasteiger partial charge is 0.319 e. The number of hydrogen-bond donors (Lipinski definition) is 1. The van der Waals surface area contributed by atoms with Gasteiger partial charge in [-0.25, -0.2) is 4.98 Å². The SMILES string of the molecule is COc1ccnc(OCCC2CCNC2)n1. The second-order valence-electron chi connectivity index (χ2n) is 3.88. The van der Waals surface area contributed by atoms with Crippen LogP contribution >= 0.6 is 0 Å². The van der Waals surface area contributed by atoms with Gasteiger partial charge in [-0.3, -0.25) is 0 Å². The van der Waals surface area contributed by atoms with Crippen LogP contribution in [0.1, 0.15) is 12.8 Å². The summed E-state index contributed by atoms with van der Waals surface area (Å²) >= 11 is 0. The molecule has 0 aromatic carbocycles. The summed E-state index contributed by atoms with van der Waals surface area (Å²) in [6.45, 7) is 2.89. The van der Waals surface area contributed by atoms with E-state index in [9.17, 15) is 0 Å². The van der Waals surface area contributed by atoms with Crippen molar-refractivity contribution >= 4 is 0 Å². The van der Waals surface area contributed by atoms with Crippen molar-refractivity contribution in [2.75, 3.05) is 26.8 Å². The normalized spacial score (nSPS) is 19.7. The third kappa shape index (κ3) is 3.06. The molecule has 2 rings (SSSR count). The van der Waals surface area contributed by atoms with E-state index >= 15 is 0 Å². The summed E-state index contributed by atoms with van der Waals surface area (Å²) in [5, 5.41) is 3.33. The molecular formula is C11H17N3O2. The van der Waals surface area contributed by atoms with Crippen LogP contribution in [0.3, 0.4) is 0 Å². The molecule has 0 saturated carbocycles. The van der Waals surface area contributed by atoms with Crippen molar-refractivity contribution in [2.45, 2.75) is 12.8 Å². The zero-order valence-electron chi connectivity index (χ0n) is 9.48. The number of rotatable bonds is 5. The summed E-state index contributed by atoms with van der Waals surface area (Å²) in [4.78, 5) is 8.11. The first-order valence-electron chi connectivity index (χ1n) is 5.59. The van der Waals surface area contributed by atoms with Crippen molar-refractivity contribution in [1.29, 1.82) is 0 Å². The third-order valence-electron chi connectivity index (χ3n) is 2.74. The van der Waals surface area contributed by atoms with E-state index in [0.29, 0.717) is 18.5 Å². The summed E-state index contributed by atoms with van der Waals surface area (Å²) in [5.74, 6) is 1.26. The van der Waals surface area contributed by atoms with Gasteiger partial charge >= 0.3 is 6.01 Å². The number of ether oxygens (including phenoxy) is 2. The van der Waals surface area contributed by atoms with Gasteiger partial charge in [-0.1, -0.05) is 0 Å². The Labute approximate surface area is 95.2 Å². The molecule has 1 fully saturated rings. The van der Waals surface area contributed by atoms with Crippen molar-refractivity contribution in [3.63, 3.8) is 0 Å². The molecule has 2 heterocycles. The molecule has 0 bridgehead atoms. The minimum atomic E-state index is 0.394. The van der Waals surface area contributed by atoms with Gasteiger partial charge in [-0.05, 0) is 31.8 Å². The molecule has 1 N–H and O–H groups in total. The molecule has 1 aliphatic heterocycles. The van der Waals surface area contributed by atoms with E-state index in [-0.39, 0.29) is 0 Å².